The van der Waals surface area contributed by atoms with Crippen LogP contribution < -0.4 is 10.6 Å². The molecule has 2 aromatic rings. The van der Waals surface area contributed by atoms with Crippen molar-refractivity contribution < 1.29 is 9.53 Å². The lowest BCUT2D eigenvalue weighted by Crippen LogP contribution is -2.33. The van der Waals surface area contributed by atoms with E-state index in [1.165, 1.54) is 16.7 Å². The molecule has 2 N–H and O–H groups in total. The number of carbonyl (C=O) groups excluding carboxylic acids is 1. The number of carbonyl (C=O) groups is 1. The van der Waals surface area contributed by atoms with Gasteiger partial charge < -0.3 is 15.4 Å². The topological polar surface area (TPSA) is 50.4 Å². The van der Waals surface area contributed by atoms with Gasteiger partial charge in [0.25, 0.3) is 5.91 Å². The Kier molecular flexibility index (Phi) is 5.19. The Labute approximate surface area is 148 Å². The molecule has 2 heterocycles. The second-order valence-corrected chi connectivity index (χ2v) is 6.12. The van der Waals surface area contributed by atoms with E-state index in [-0.39, 0.29) is 18.3 Å². The van der Waals surface area contributed by atoms with Gasteiger partial charge in [-0.05, 0) is 34.2 Å². The molecule has 24 heavy (non-hydrogen) atoms. The molecule has 0 bridgehead atoms. The lowest BCUT2D eigenvalue weighted by atomic mass is 9.97. The van der Waals surface area contributed by atoms with Crippen LogP contribution in [0.2, 0.25) is 0 Å². The van der Waals surface area contributed by atoms with Crippen LogP contribution in [0.4, 0.5) is 0 Å². The molecule has 0 radical (unpaired) electrons. The molecule has 0 saturated heterocycles. The highest BCUT2D eigenvalue weighted by molar-refractivity contribution is 5.85. The highest BCUT2D eigenvalue weighted by atomic mass is 35.5. The Bertz CT molecular complexity index is 748. The van der Waals surface area contributed by atoms with Crippen molar-refractivity contribution in [1.29, 1.82) is 0 Å². The molecule has 2 aliphatic rings. The second-order valence-electron chi connectivity index (χ2n) is 6.12. The number of amides is 1. The smallest absolute Gasteiger partial charge is 0.254 e. The molecule has 5 heteroatoms. The van der Waals surface area contributed by atoms with Crippen molar-refractivity contribution in [2.24, 2.45) is 0 Å². The van der Waals surface area contributed by atoms with E-state index in [0.29, 0.717) is 13.2 Å². The van der Waals surface area contributed by atoms with E-state index in [1.54, 1.807) is 0 Å². The SMILES string of the molecule is Cl.O=C(NCc1ccc2c(c1)CNC2)C1OCCc2ccccc21. The molecule has 4 rings (SSSR count). The number of hydrogen-bond acceptors (Lipinski definition) is 3. The molecule has 1 unspecified atom stereocenters. The number of rotatable bonds is 3. The summed E-state index contributed by atoms with van der Waals surface area (Å²) in [7, 11) is 0. The summed E-state index contributed by atoms with van der Waals surface area (Å²) in [6.07, 6.45) is 0.383. The van der Waals surface area contributed by atoms with Crippen molar-refractivity contribution in [3.63, 3.8) is 0 Å². The maximum atomic E-state index is 12.5. The van der Waals surface area contributed by atoms with Crippen molar-refractivity contribution in [1.82, 2.24) is 10.6 Å². The third kappa shape index (κ3) is 3.31. The zero-order valence-corrected chi connectivity index (χ0v) is 14.2. The minimum Gasteiger partial charge on any atom is -0.363 e. The predicted molar refractivity (Wildman–Crippen MR) is 94.9 cm³/mol. The monoisotopic (exact) mass is 344 g/mol. The van der Waals surface area contributed by atoms with Crippen LogP contribution in [0, 0.1) is 0 Å². The maximum Gasteiger partial charge on any atom is 0.254 e. The molecule has 4 nitrogen and oxygen atoms in total. The lowest BCUT2D eigenvalue weighted by molar-refractivity contribution is -0.134. The van der Waals surface area contributed by atoms with Gasteiger partial charge in [-0.1, -0.05) is 42.5 Å². The van der Waals surface area contributed by atoms with Gasteiger partial charge in [0.2, 0.25) is 0 Å². The Morgan fingerprint density at radius 2 is 1.96 bits per heavy atom. The normalized spacial score (nSPS) is 18.2. The zero-order valence-electron chi connectivity index (χ0n) is 13.4. The number of benzene rings is 2. The van der Waals surface area contributed by atoms with E-state index < -0.39 is 6.10 Å². The summed E-state index contributed by atoms with van der Waals surface area (Å²) < 4.78 is 5.71. The molecule has 2 aromatic carbocycles. The van der Waals surface area contributed by atoms with Gasteiger partial charge in [-0.15, -0.1) is 12.4 Å². The van der Waals surface area contributed by atoms with Crippen molar-refractivity contribution in [2.45, 2.75) is 32.2 Å². The van der Waals surface area contributed by atoms with E-state index in [0.717, 1.165) is 30.6 Å². The summed E-state index contributed by atoms with van der Waals surface area (Å²) in [5.41, 5.74) is 6.02. The van der Waals surface area contributed by atoms with Crippen LogP contribution in [0.15, 0.2) is 42.5 Å². The number of halogens is 1. The number of nitrogens with one attached hydrogen (secondary N) is 2. The lowest BCUT2D eigenvalue weighted by Gasteiger charge is -2.25. The zero-order chi connectivity index (χ0) is 15.6. The first kappa shape index (κ1) is 17.0. The highest BCUT2D eigenvalue weighted by Crippen LogP contribution is 2.27. The quantitative estimate of drug-likeness (QED) is 0.900. The number of fused-ring (bicyclic) bond motifs is 2. The van der Waals surface area contributed by atoms with Crippen molar-refractivity contribution in [3.05, 3.63) is 70.3 Å². The largest absolute Gasteiger partial charge is 0.363 e. The molecular weight excluding hydrogens is 324 g/mol. The van der Waals surface area contributed by atoms with Gasteiger partial charge in [0.15, 0.2) is 6.10 Å². The maximum absolute atomic E-state index is 12.5. The summed E-state index contributed by atoms with van der Waals surface area (Å²) in [5.74, 6) is -0.0595. The van der Waals surface area contributed by atoms with Crippen LogP contribution in [0.1, 0.15) is 33.9 Å². The summed E-state index contributed by atoms with van der Waals surface area (Å²) in [6.45, 7) is 2.98. The van der Waals surface area contributed by atoms with Crippen LogP contribution in [0.25, 0.3) is 0 Å². The van der Waals surface area contributed by atoms with Crippen molar-refractivity contribution in [2.75, 3.05) is 6.61 Å². The third-order valence-electron chi connectivity index (χ3n) is 4.60. The van der Waals surface area contributed by atoms with Crippen LogP contribution in [0.5, 0.6) is 0 Å². The third-order valence-corrected chi connectivity index (χ3v) is 4.60. The fraction of sp³-hybridized carbons (Fsp3) is 0.316. The van der Waals surface area contributed by atoms with Crippen LogP contribution in [0.3, 0.4) is 0 Å². The van der Waals surface area contributed by atoms with Crippen LogP contribution in [-0.4, -0.2) is 12.5 Å². The first-order chi connectivity index (χ1) is 11.3. The molecule has 0 aromatic heterocycles. The highest BCUT2D eigenvalue weighted by Gasteiger charge is 2.26. The van der Waals surface area contributed by atoms with Gasteiger partial charge in [0.05, 0.1) is 6.61 Å². The number of hydrogen-bond donors (Lipinski definition) is 2. The molecule has 2 aliphatic heterocycles. The standard InChI is InChI=1S/C19H20N2O2.ClH/c22-19(18-17-4-2-1-3-14(17)7-8-23-18)21-10-13-5-6-15-11-20-12-16(15)9-13;/h1-6,9,18,20H,7-8,10-12H2,(H,21,22);1H. The second kappa shape index (κ2) is 7.34. The first-order valence-corrected chi connectivity index (χ1v) is 8.10. The summed E-state index contributed by atoms with van der Waals surface area (Å²) >= 11 is 0. The summed E-state index contributed by atoms with van der Waals surface area (Å²) in [6, 6.07) is 14.4. The van der Waals surface area contributed by atoms with Gasteiger partial charge in [-0.2, -0.15) is 0 Å². The number of ether oxygens (including phenoxy) is 1. The molecule has 0 aliphatic carbocycles. The van der Waals surface area contributed by atoms with Gasteiger partial charge >= 0.3 is 0 Å². The van der Waals surface area contributed by atoms with E-state index in [9.17, 15) is 4.79 Å². The molecule has 1 amide bonds. The molecule has 0 saturated carbocycles. The fourth-order valence-electron chi connectivity index (χ4n) is 3.35. The minimum atomic E-state index is -0.490. The van der Waals surface area contributed by atoms with E-state index in [2.05, 4.69) is 34.9 Å². The van der Waals surface area contributed by atoms with E-state index >= 15 is 0 Å². The van der Waals surface area contributed by atoms with E-state index in [1.807, 2.05) is 18.2 Å². The molecule has 126 valence electrons. The Hall–Kier alpha value is -1.88. The van der Waals surface area contributed by atoms with Gasteiger partial charge in [-0.25, -0.2) is 0 Å². The summed E-state index contributed by atoms with van der Waals surface area (Å²) in [4.78, 5) is 12.5. The van der Waals surface area contributed by atoms with Gasteiger partial charge in [0.1, 0.15) is 0 Å². The van der Waals surface area contributed by atoms with Crippen LogP contribution in [-0.2, 0) is 35.6 Å². The van der Waals surface area contributed by atoms with E-state index in [4.69, 9.17) is 4.74 Å². The molecule has 1 atom stereocenters. The first-order valence-electron chi connectivity index (χ1n) is 8.10. The van der Waals surface area contributed by atoms with Crippen molar-refractivity contribution >= 4 is 18.3 Å². The summed E-state index contributed by atoms with van der Waals surface area (Å²) in [5, 5.41) is 6.35. The fourth-order valence-corrected chi connectivity index (χ4v) is 3.35. The Morgan fingerprint density at radius 1 is 1.12 bits per heavy atom. The Balaban J connectivity index is 0.00000169. The van der Waals surface area contributed by atoms with Gasteiger partial charge in [0, 0.05) is 19.6 Å². The van der Waals surface area contributed by atoms with Gasteiger partial charge in [-0.3, -0.25) is 4.79 Å². The average molecular weight is 345 g/mol. The predicted octanol–water partition coefficient (Wildman–Crippen LogP) is 2.64. The molecule has 0 spiro atoms. The molecular formula is C19H21ClN2O2. The van der Waals surface area contributed by atoms with Crippen LogP contribution >= 0.6 is 12.4 Å². The minimum absolute atomic E-state index is 0. The molecule has 0 fully saturated rings. The Morgan fingerprint density at radius 3 is 2.88 bits per heavy atom. The van der Waals surface area contributed by atoms with Crippen molar-refractivity contribution in [3.8, 4) is 0 Å². The average Bonchev–Trinajstić information content (AvgIpc) is 3.07.